The number of halogens is 2. The SMILES string of the molecule is O=C(NCCc1cccc(Cl)c1)c1cc2cc(F)ccc2[nH]1. The number of hydrogen-bond donors (Lipinski definition) is 2. The molecule has 0 radical (unpaired) electrons. The van der Waals surface area contributed by atoms with Gasteiger partial charge in [-0.15, -0.1) is 0 Å². The van der Waals surface area contributed by atoms with Gasteiger partial charge in [-0.25, -0.2) is 4.39 Å². The van der Waals surface area contributed by atoms with Crippen LogP contribution in [0.2, 0.25) is 5.02 Å². The summed E-state index contributed by atoms with van der Waals surface area (Å²) in [5.74, 6) is -0.530. The largest absolute Gasteiger partial charge is 0.351 e. The van der Waals surface area contributed by atoms with Crippen LogP contribution in [0.1, 0.15) is 16.1 Å². The second-order valence-electron chi connectivity index (χ2n) is 5.05. The Morgan fingerprint density at radius 2 is 2.05 bits per heavy atom. The molecule has 5 heteroatoms. The Balaban J connectivity index is 1.63. The van der Waals surface area contributed by atoms with Crippen LogP contribution >= 0.6 is 11.6 Å². The Morgan fingerprint density at radius 3 is 2.86 bits per heavy atom. The highest BCUT2D eigenvalue weighted by Crippen LogP contribution is 2.16. The van der Waals surface area contributed by atoms with E-state index >= 15 is 0 Å². The molecule has 1 aromatic heterocycles. The van der Waals surface area contributed by atoms with Crippen molar-refractivity contribution >= 4 is 28.4 Å². The summed E-state index contributed by atoms with van der Waals surface area (Å²) in [6, 6.07) is 13.6. The minimum absolute atomic E-state index is 0.210. The Kier molecular flexibility index (Phi) is 4.11. The molecule has 2 N–H and O–H groups in total. The normalized spacial score (nSPS) is 10.8. The molecule has 0 atom stereocenters. The van der Waals surface area contributed by atoms with Gasteiger partial charge in [0.1, 0.15) is 11.5 Å². The zero-order chi connectivity index (χ0) is 15.5. The number of carbonyl (C=O) groups excluding carboxylic acids is 1. The average Bonchev–Trinajstić information content (AvgIpc) is 2.90. The third-order valence-corrected chi connectivity index (χ3v) is 3.65. The summed E-state index contributed by atoms with van der Waals surface area (Å²) < 4.78 is 13.1. The van der Waals surface area contributed by atoms with Gasteiger partial charge in [0.2, 0.25) is 0 Å². The lowest BCUT2D eigenvalue weighted by molar-refractivity contribution is 0.0950. The van der Waals surface area contributed by atoms with Crippen LogP contribution in [0.5, 0.6) is 0 Å². The number of H-pyrrole nitrogens is 1. The molecule has 0 aliphatic carbocycles. The lowest BCUT2D eigenvalue weighted by Crippen LogP contribution is -2.25. The van der Waals surface area contributed by atoms with Gasteiger partial charge in [-0.1, -0.05) is 23.7 Å². The van der Waals surface area contributed by atoms with Crippen LogP contribution in [-0.4, -0.2) is 17.4 Å². The van der Waals surface area contributed by atoms with Crippen LogP contribution in [-0.2, 0) is 6.42 Å². The molecule has 22 heavy (non-hydrogen) atoms. The number of fused-ring (bicyclic) bond motifs is 1. The molecule has 0 bridgehead atoms. The quantitative estimate of drug-likeness (QED) is 0.752. The predicted molar refractivity (Wildman–Crippen MR) is 85.7 cm³/mol. The van der Waals surface area contributed by atoms with E-state index in [0.717, 1.165) is 11.1 Å². The molecule has 2 aromatic carbocycles. The Hall–Kier alpha value is -2.33. The number of aromatic nitrogens is 1. The first kappa shape index (κ1) is 14.6. The lowest BCUT2D eigenvalue weighted by atomic mass is 10.1. The average molecular weight is 317 g/mol. The molecule has 0 spiro atoms. The maximum Gasteiger partial charge on any atom is 0.267 e. The van der Waals surface area contributed by atoms with E-state index in [1.165, 1.54) is 12.1 Å². The number of aromatic amines is 1. The Morgan fingerprint density at radius 1 is 1.18 bits per heavy atom. The van der Waals surface area contributed by atoms with Gasteiger partial charge in [-0.2, -0.15) is 0 Å². The van der Waals surface area contributed by atoms with Crippen LogP contribution in [0.25, 0.3) is 10.9 Å². The van der Waals surface area contributed by atoms with Gasteiger partial charge in [-0.05, 0) is 48.4 Å². The van der Waals surface area contributed by atoms with E-state index in [4.69, 9.17) is 11.6 Å². The number of benzene rings is 2. The molecule has 0 saturated carbocycles. The third-order valence-electron chi connectivity index (χ3n) is 3.42. The third kappa shape index (κ3) is 3.28. The highest BCUT2D eigenvalue weighted by molar-refractivity contribution is 6.30. The number of amides is 1. The van der Waals surface area contributed by atoms with E-state index < -0.39 is 0 Å². The van der Waals surface area contributed by atoms with E-state index in [2.05, 4.69) is 10.3 Å². The first-order valence-electron chi connectivity index (χ1n) is 6.93. The van der Waals surface area contributed by atoms with Crippen molar-refractivity contribution in [1.29, 1.82) is 0 Å². The van der Waals surface area contributed by atoms with E-state index in [-0.39, 0.29) is 11.7 Å². The number of nitrogens with one attached hydrogen (secondary N) is 2. The molecule has 0 saturated heterocycles. The molecule has 1 heterocycles. The summed E-state index contributed by atoms with van der Waals surface area (Å²) in [5, 5.41) is 4.20. The van der Waals surface area contributed by atoms with Crippen molar-refractivity contribution < 1.29 is 9.18 Å². The number of carbonyl (C=O) groups is 1. The van der Waals surface area contributed by atoms with Crippen LogP contribution in [0.15, 0.2) is 48.5 Å². The van der Waals surface area contributed by atoms with E-state index in [1.54, 1.807) is 12.1 Å². The molecule has 1 amide bonds. The maximum absolute atomic E-state index is 13.1. The van der Waals surface area contributed by atoms with Crippen LogP contribution in [0.4, 0.5) is 4.39 Å². The van der Waals surface area contributed by atoms with Crippen LogP contribution in [0, 0.1) is 5.82 Å². The fourth-order valence-corrected chi connectivity index (χ4v) is 2.55. The smallest absolute Gasteiger partial charge is 0.267 e. The molecule has 0 aliphatic heterocycles. The topological polar surface area (TPSA) is 44.9 Å². The summed E-state index contributed by atoms with van der Waals surface area (Å²) >= 11 is 5.92. The van der Waals surface area contributed by atoms with Crippen molar-refractivity contribution in [3.05, 3.63) is 70.6 Å². The van der Waals surface area contributed by atoms with Crippen molar-refractivity contribution in [1.82, 2.24) is 10.3 Å². The Labute approximate surface area is 132 Å². The van der Waals surface area contributed by atoms with Gasteiger partial charge in [-0.3, -0.25) is 4.79 Å². The van der Waals surface area contributed by atoms with Gasteiger partial charge in [0.25, 0.3) is 5.91 Å². The molecule has 3 aromatic rings. The summed E-state index contributed by atoms with van der Waals surface area (Å²) in [5.41, 5.74) is 2.22. The fraction of sp³-hybridized carbons (Fsp3) is 0.118. The Bertz CT molecular complexity index is 828. The van der Waals surface area contributed by atoms with Gasteiger partial charge >= 0.3 is 0 Å². The first-order valence-corrected chi connectivity index (χ1v) is 7.30. The van der Waals surface area contributed by atoms with Gasteiger partial charge in [0, 0.05) is 22.5 Å². The van der Waals surface area contributed by atoms with Gasteiger partial charge in [0.05, 0.1) is 0 Å². The monoisotopic (exact) mass is 316 g/mol. The minimum atomic E-state index is -0.320. The molecule has 3 nitrogen and oxygen atoms in total. The minimum Gasteiger partial charge on any atom is -0.351 e. The van der Waals surface area contributed by atoms with Crippen molar-refractivity contribution in [3.8, 4) is 0 Å². The summed E-state index contributed by atoms with van der Waals surface area (Å²) in [4.78, 5) is 15.1. The number of rotatable bonds is 4. The standard InChI is InChI=1S/C17H14ClFN2O/c18-13-3-1-2-11(8-13)6-7-20-17(22)16-10-12-9-14(19)4-5-15(12)21-16/h1-5,8-10,21H,6-7H2,(H,20,22). The molecule has 3 rings (SSSR count). The molecular weight excluding hydrogens is 303 g/mol. The van der Waals surface area contributed by atoms with Crippen LogP contribution in [0.3, 0.4) is 0 Å². The van der Waals surface area contributed by atoms with Crippen molar-refractivity contribution in [2.45, 2.75) is 6.42 Å². The fourth-order valence-electron chi connectivity index (χ4n) is 2.33. The zero-order valence-corrected chi connectivity index (χ0v) is 12.5. The lowest BCUT2D eigenvalue weighted by Gasteiger charge is -2.04. The molecule has 0 fully saturated rings. The zero-order valence-electron chi connectivity index (χ0n) is 11.7. The van der Waals surface area contributed by atoms with Crippen molar-refractivity contribution in [3.63, 3.8) is 0 Å². The highest BCUT2D eigenvalue weighted by Gasteiger charge is 2.09. The predicted octanol–water partition coefficient (Wildman–Crippen LogP) is 3.93. The second kappa shape index (κ2) is 6.20. The van der Waals surface area contributed by atoms with E-state index in [0.29, 0.717) is 29.1 Å². The van der Waals surface area contributed by atoms with Gasteiger partial charge < -0.3 is 10.3 Å². The van der Waals surface area contributed by atoms with Crippen LogP contribution < -0.4 is 5.32 Å². The van der Waals surface area contributed by atoms with Crippen molar-refractivity contribution in [2.24, 2.45) is 0 Å². The summed E-state index contributed by atoms with van der Waals surface area (Å²) in [6.45, 7) is 0.503. The summed E-state index contributed by atoms with van der Waals surface area (Å²) in [7, 11) is 0. The molecule has 0 unspecified atom stereocenters. The highest BCUT2D eigenvalue weighted by atomic mass is 35.5. The van der Waals surface area contributed by atoms with E-state index in [1.807, 2.05) is 24.3 Å². The molecule has 0 aliphatic rings. The number of hydrogen-bond acceptors (Lipinski definition) is 1. The molecule has 112 valence electrons. The summed E-state index contributed by atoms with van der Waals surface area (Å²) in [6.07, 6.45) is 0.696. The van der Waals surface area contributed by atoms with Crippen molar-refractivity contribution in [2.75, 3.05) is 6.54 Å². The van der Waals surface area contributed by atoms with E-state index in [9.17, 15) is 9.18 Å². The first-order chi connectivity index (χ1) is 10.6. The maximum atomic E-state index is 13.1. The molecular formula is C17H14ClFN2O. The van der Waals surface area contributed by atoms with Gasteiger partial charge in [0.15, 0.2) is 0 Å². The second-order valence-corrected chi connectivity index (χ2v) is 5.49.